The lowest BCUT2D eigenvalue weighted by atomic mass is 10.1. The number of aryl methyl sites for hydroxylation is 1. The summed E-state index contributed by atoms with van der Waals surface area (Å²) in [6.07, 6.45) is -4.65. The van der Waals surface area contributed by atoms with Gasteiger partial charge in [-0.3, -0.25) is 0 Å². The van der Waals surface area contributed by atoms with Crippen LogP contribution in [0.4, 0.5) is 13.2 Å². The highest BCUT2D eigenvalue weighted by atomic mass is 19.4. The number of para-hydroxylation sites is 1. The van der Waals surface area contributed by atoms with Crippen molar-refractivity contribution < 1.29 is 17.6 Å². The van der Waals surface area contributed by atoms with Crippen LogP contribution in [0.5, 0.6) is 0 Å². The molecule has 108 valence electrons. The minimum Gasteiger partial charge on any atom is -0.403 e. The monoisotopic (exact) mass is 294 g/mol. The van der Waals surface area contributed by atoms with Crippen molar-refractivity contribution in [1.82, 2.24) is 9.78 Å². The second kappa shape index (κ2) is 4.47. The maximum absolute atomic E-state index is 13.1. The standard InChI is InChI=1S/C14H9F3N2O2/c1-8-12-10(14(15,16)17)7-11(20)21-13(12)19(18-8)9-5-3-2-4-6-9/h2-7H,1H3. The first-order valence-electron chi connectivity index (χ1n) is 6.04. The Morgan fingerprint density at radius 1 is 1.19 bits per heavy atom. The van der Waals surface area contributed by atoms with E-state index >= 15 is 0 Å². The molecule has 21 heavy (non-hydrogen) atoms. The van der Waals surface area contributed by atoms with E-state index in [0.717, 1.165) is 0 Å². The number of fused-ring (bicyclic) bond motifs is 1. The third kappa shape index (κ3) is 2.20. The maximum Gasteiger partial charge on any atom is 0.417 e. The molecule has 0 radical (unpaired) electrons. The Labute approximate surface area is 116 Å². The van der Waals surface area contributed by atoms with Crippen molar-refractivity contribution in [3.8, 4) is 5.69 Å². The molecule has 3 rings (SSSR count). The average molecular weight is 294 g/mol. The molecule has 2 heterocycles. The fourth-order valence-electron chi connectivity index (χ4n) is 2.19. The predicted octanol–water partition coefficient (Wildman–Crippen LogP) is 3.31. The molecule has 2 aromatic heterocycles. The summed E-state index contributed by atoms with van der Waals surface area (Å²) in [7, 11) is 0. The number of hydrogen-bond acceptors (Lipinski definition) is 3. The first-order valence-corrected chi connectivity index (χ1v) is 6.04. The topological polar surface area (TPSA) is 48.0 Å². The SMILES string of the molecule is Cc1nn(-c2ccccc2)c2oc(=O)cc(C(F)(F)F)c12. The summed E-state index contributed by atoms with van der Waals surface area (Å²) in [6, 6.07) is 8.96. The minimum absolute atomic E-state index is 0.143. The second-order valence-electron chi connectivity index (χ2n) is 4.49. The lowest BCUT2D eigenvalue weighted by Gasteiger charge is -2.07. The quantitative estimate of drug-likeness (QED) is 0.692. The Hall–Kier alpha value is -2.57. The fourth-order valence-corrected chi connectivity index (χ4v) is 2.19. The van der Waals surface area contributed by atoms with E-state index in [-0.39, 0.29) is 16.8 Å². The van der Waals surface area contributed by atoms with E-state index < -0.39 is 17.4 Å². The normalized spacial score (nSPS) is 12.0. The lowest BCUT2D eigenvalue weighted by Crippen LogP contribution is -2.11. The van der Waals surface area contributed by atoms with Crippen molar-refractivity contribution in [2.45, 2.75) is 13.1 Å². The Balaban J connectivity index is 2.42. The Bertz CT molecular complexity index is 864. The first kappa shape index (κ1) is 13.4. The van der Waals surface area contributed by atoms with Crippen molar-refractivity contribution in [3.63, 3.8) is 0 Å². The van der Waals surface area contributed by atoms with E-state index in [1.54, 1.807) is 30.3 Å². The van der Waals surface area contributed by atoms with E-state index in [1.165, 1.54) is 11.6 Å². The molecular weight excluding hydrogens is 285 g/mol. The van der Waals surface area contributed by atoms with Gasteiger partial charge in [0.05, 0.1) is 22.3 Å². The zero-order valence-corrected chi connectivity index (χ0v) is 10.8. The molecule has 1 aromatic carbocycles. The molecule has 0 aliphatic carbocycles. The van der Waals surface area contributed by atoms with E-state index in [4.69, 9.17) is 4.42 Å². The van der Waals surface area contributed by atoms with Gasteiger partial charge in [0.2, 0.25) is 5.71 Å². The third-order valence-corrected chi connectivity index (χ3v) is 3.05. The summed E-state index contributed by atoms with van der Waals surface area (Å²) >= 11 is 0. The molecule has 0 aliphatic heterocycles. The summed E-state index contributed by atoms with van der Waals surface area (Å²) in [5, 5.41) is 3.86. The van der Waals surface area contributed by atoms with Gasteiger partial charge < -0.3 is 4.42 Å². The molecule has 0 unspecified atom stereocenters. The average Bonchev–Trinajstić information content (AvgIpc) is 2.75. The molecule has 4 nitrogen and oxygen atoms in total. The Morgan fingerprint density at radius 2 is 1.86 bits per heavy atom. The highest BCUT2D eigenvalue weighted by molar-refractivity contribution is 5.82. The number of alkyl halides is 3. The van der Waals surface area contributed by atoms with Crippen LogP contribution in [0.15, 0.2) is 45.6 Å². The van der Waals surface area contributed by atoms with Gasteiger partial charge in [0, 0.05) is 6.07 Å². The van der Waals surface area contributed by atoms with E-state index in [0.29, 0.717) is 11.8 Å². The Kier molecular flexibility index (Phi) is 2.86. The summed E-state index contributed by atoms with van der Waals surface area (Å²) in [6.45, 7) is 1.44. The van der Waals surface area contributed by atoms with Crippen LogP contribution in [0.25, 0.3) is 16.8 Å². The van der Waals surface area contributed by atoms with Crippen LogP contribution in [-0.2, 0) is 6.18 Å². The van der Waals surface area contributed by atoms with E-state index in [2.05, 4.69) is 5.10 Å². The van der Waals surface area contributed by atoms with Crippen molar-refractivity contribution in [1.29, 1.82) is 0 Å². The molecule has 0 amide bonds. The molecule has 3 aromatic rings. The van der Waals surface area contributed by atoms with Crippen molar-refractivity contribution in [2.75, 3.05) is 0 Å². The molecule has 0 bridgehead atoms. The molecule has 0 N–H and O–H groups in total. The smallest absolute Gasteiger partial charge is 0.403 e. The summed E-state index contributed by atoms with van der Waals surface area (Å²) in [4.78, 5) is 11.4. The van der Waals surface area contributed by atoms with Crippen molar-refractivity contribution in [2.24, 2.45) is 0 Å². The summed E-state index contributed by atoms with van der Waals surface area (Å²) in [5.74, 6) is 0. The Morgan fingerprint density at radius 3 is 2.48 bits per heavy atom. The third-order valence-electron chi connectivity index (χ3n) is 3.05. The maximum atomic E-state index is 13.1. The molecule has 7 heteroatoms. The predicted molar refractivity (Wildman–Crippen MR) is 69.3 cm³/mol. The van der Waals surface area contributed by atoms with Gasteiger partial charge in [0.15, 0.2) is 0 Å². The number of aromatic nitrogens is 2. The van der Waals surface area contributed by atoms with E-state index in [1.807, 2.05) is 0 Å². The van der Waals surface area contributed by atoms with Crippen LogP contribution >= 0.6 is 0 Å². The lowest BCUT2D eigenvalue weighted by molar-refractivity contribution is -0.136. The minimum atomic E-state index is -4.65. The summed E-state index contributed by atoms with van der Waals surface area (Å²) < 4.78 is 45.4. The highest BCUT2D eigenvalue weighted by Crippen LogP contribution is 2.35. The van der Waals surface area contributed by atoms with Crippen molar-refractivity contribution in [3.05, 3.63) is 58.1 Å². The number of nitrogens with zero attached hydrogens (tertiary/aromatic N) is 2. The molecule has 0 fully saturated rings. The number of rotatable bonds is 1. The van der Waals surface area contributed by atoms with Crippen LogP contribution in [-0.4, -0.2) is 9.78 Å². The van der Waals surface area contributed by atoms with Gasteiger partial charge >= 0.3 is 11.8 Å². The summed E-state index contributed by atoms with van der Waals surface area (Å²) in [5.41, 5.74) is -1.65. The number of halogens is 3. The van der Waals surface area contributed by atoms with Gasteiger partial charge in [-0.1, -0.05) is 18.2 Å². The van der Waals surface area contributed by atoms with Crippen molar-refractivity contribution >= 4 is 11.1 Å². The van der Waals surface area contributed by atoms with Gasteiger partial charge in [-0.15, -0.1) is 0 Å². The van der Waals surface area contributed by atoms with Gasteiger partial charge in [-0.2, -0.15) is 23.0 Å². The van der Waals surface area contributed by atoms with Crippen LogP contribution in [0.3, 0.4) is 0 Å². The van der Waals surface area contributed by atoms with Gasteiger partial charge in [0.1, 0.15) is 0 Å². The molecule has 0 aliphatic rings. The first-order chi connectivity index (χ1) is 9.88. The van der Waals surface area contributed by atoms with Crippen LogP contribution in [0, 0.1) is 6.92 Å². The molecule has 0 spiro atoms. The number of benzene rings is 1. The molecule has 0 atom stereocenters. The highest BCUT2D eigenvalue weighted by Gasteiger charge is 2.36. The van der Waals surface area contributed by atoms with Crippen LogP contribution in [0.2, 0.25) is 0 Å². The van der Waals surface area contributed by atoms with Crippen LogP contribution in [0.1, 0.15) is 11.3 Å². The van der Waals surface area contributed by atoms with Crippen LogP contribution < -0.4 is 5.63 Å². The largest absolute Gasteiger partial charge is 0.417 e. The van der Waals surface area contributed by atoms with E-state index in [9.17, 15) is 18.0 Å². The molecular formula is C14H9F3N2O2. The molecule has 0 saturated heterocycles. The molecule has 0 saturated carbocycles. The van der Waals surface area contributed by atoms with Gasteiger partial charge in [0.25, 0.3) is 0 Å². The number of hydrogen-bond donors (Lipinski definition) is 0. The second-order valence-corrected chi connectivity index (χ2v) is 4.49. The fraction of sp³-hybridized carbons (Fsp3) is 0.143. The van der Waals surface area contributed by atoms with Gasteiger partial charge in [-0.25, -0.2) is 4.79 Å². The van der Waals surface area contributed by atoms with Gasteiger partial charge in [-0.05, 0) is 19.1 Å². The zero-order valence-electron chi connectivity index (χ0n) is 10.8. The zero-order chi connectivity index (χ0) is 15.2.